The summed E-state index contributed by atoms with van der Waals surface area (Å²) in [6.07, 6.45) is 4.00. The van der Waals surface area contributed by atoms with E-state index in [1.54, 1.807) is 12.3 Å². The monoisotopic (exact) mass is 351 g/mol. The quantitative estimate of drug-likeness (QED) is 0.697. The molecule has 8 nitrogen and oxygen atoms in total. The lowest BCUT2D eigenvalue weighted by Crippen LogP contribution is -2.17. The Kier molecular flexibility index (Phi) is 4.00. The van der Waals surface area contributed by atoms with Crippen LogP contribution in [0.5, 0.6) is 5.75 Å². The van der Waals surface area contributed by atoms with Crippen LogP contribution in [0, 0.1) is 0 Å². The third-order valence-electron chi connectivity index (χ3n) is 4.39. The molecule has 4 rings (SSSR count). The Bertz CT molecular complexity index is 988. The fourth-order valence-corrected chi connectivity index (χ4v) is 3.09. The van der Waals surface area contributed by atoms with E-state index in [1.165, 1.54) is 23.3 Å². The SMILES string of the molecule is O=C(O)c1nc2c(O)cccn2c1N=Nc1ccc(N2CCCC2)cc1. The van der Waals surface area contributed by atoms with Gasteiger partial charge in [-0.25, -0.2) is 9.78 Å². The van der Waals surface area contributed by atoms with Crippen LogP contribution in [-0.2, 0) is 0 Å². The highest BCUT2D eigenvalue weighted by molar-refractivity contribution is 5.92. The van der Waals surface area contributed by atoms with Crippen molar-refractivity contribution in [1.29, 1.82) is 0 Å². The van der Waals surface area contributed by atoms with Gasteiger partial charge in [0, 0.05) is 25.0 Å². The zero-order valence-corrected chi connectivity index (χ0v) is 13.9. The predicted octanol–water partition coefficient (Wildman–Crippen LogP) is 3.75. The Balaban J connectivity index is 1.67. The molecule has 1 aliphatic heterocycles. The van der Waals surface area contributed by atoms with Gasteiger partial charge in [-0.2, -0.15) is 0 Å². The number of azo groups is 1. The van der Waals surface area contributed by atoms with Crippen molar-refractivity contribution in [3.8, 4) is 5.75 Å². The van der Waals surface area contributed by atoms with Gasteiger partial charge in [0.15, 0.2) is 22.9 Å². The minimum atomic E-state index is -1.23. The van der Waals surface area contributed by atoms with Crippen molar-refractivity contribution >= 4 is 28.8 Å². The predicted molar refractivity (Wildman–Crippen MR) is 95.9 cm³/mol. The van der Waals surface area contributed by atoms with E-state index in [0.717, 1.165) is 18.8 Å². The fraction of sp³-hybridized carbons (Fsp3) is 0.222. The number of carbonyl (C=O) groups is 1. The van der Waals surface area contributed by atoms with E-state index in [4.69, 9.17) is 0 Å². The summed E-state index contributed by atoms with van der Waals surface area (Å²) < 4.78 is 1.40. The molecule has 0 bridgehead atoms. The summed E-state index contributed by atoms with van der Waals surface area (Å²) in [5.41, 5.74) is 1.62. The number of aromatic carboxylic acids is 1. The molecular weight excluding hydrogens is 334 g/mol. The van der Waals surface area contributed by atoms with Crippen molar-refractivity contribution in [3.63, 3.8) is 0 Å². The Hall–Kier alpha value is -3.42. The molecule has 0 unspecified atom stereocenters. The molecule has 0 atom stereocenters. The van der Waals surface area contributed by atoms with Gasteiger partial charge in [0.1, 0.15) is 0 Å². The van der Waals surface area contributed by atoms with E-state index in [-0.39, 0.29) is 22.9 Å². The highest BCUT2D eigenvalue weighted by Crippen LogP contribution is 2.29. The Morgan fingerprint density at radius 1 is 1.08 bits per heavy atom. The number of pyridine rings is 1. The number of fused-ring (bicyclic) bond motifs is 1. The third-order valence-corrected chi connectivity index (χ3v) is 4.39. The van der Waals surface area contributed by atoms with E-state index in [0.29, 0.717) is 5.69 Å². The van der Waals surface area contributed by atoms with Crippen LogP contribution in [0.15, 0.2) is 52.8 Å². The summed E-state index contributed by atoms with van der Waals surface area (Å²) in [4.78, 5) is 17.7. The highest BCUT2D eigenvalue weighted by atomic mass is 16.4. The summed E-state index contributed by atoms with van der Waals surface area (Å²) in [7, 11) is 0. The van der Waals surface area contributed by atoms with Crippen LogP contribution in [0.25, 0.3) is 5.65 Å². The normalized spacial score (nSPS) is 14.5. The maximum Gasteiger partial charge on any atom is 0.358 e. The number of benzene rings is 1. The first kappa shape index (κ1) is 16.1. The largest absolute Gasteiger partial charge is 0.504 e. The average Bonchev–Trinajstić information content (AvgIpc) is 3.29. The van der Waals surface area contributed by atoms with Crippen molar-refractivity contribution in [2.24, 2.45) is 10.2 Å². The van der Waals surface area contributed by atoms with E-state index < -0.39 is 5.97 Å². The molecule has 1 saturated heterocycles. The van der Waals surface area contributed by atoms with Crippen LogP contribution >= 0.6 is 0 Å². The van der Waals surface area contributed by atoms with Gasteiger partial charge in [0.2, 0.25) is 0 Å². The third kappa shape index (κ3) is 2.85. The number of carboxylic acid groups (broad SMARTS) is 1. The Labute approximate surface area is 149 Å². The summed E-state index contributed by atoms with van der Waals surface area (Å²) in [5.74, 6) is -1.29. The van der Waals surface area contributed by atoms with Crippen LogP contribution in [0.1, 0.15) is 23.3 Å². The van der Waals surface area contributed by atoms with E-state index in [9.17, 15) is 15.0 Å². The summed E-state index contributed by atoms with van der Waals surface area (Å²) in [6, 6.07) is 10.7. The number of anilines is 1. The molecule has 26 heavy (non-hydrogen) atoms. The smallest absolute Gasteiger partial charge is 0.358 e. The molecule has 0 spiro atoms. The lowest BCUT2D eigenvalue weighted by Gasteiger charge is -2.17. The second kappa shape index (κ2) is 6.47. The van der Waals surface area contributed by atoms with Gasteiger partial charge in [-0.15, -0.1) is 10.2 Å². The van der Waals surface area contributed by atoms with Crippen LogP contribution in [0.4, 0.5) is 17.2 Å². The van der Waals surface area contributed by atoms with Gasteiger partial charge >= 0.3 is 5.97 Å². The number of aromatic nitrogens is 2. The number of carboxylic acids is 1. The van der Waals surface area contributed by atoms with Crippen LogP contribution < -0.4 is 4.90 Å². The average molecular weight is 351 g/mol. The number of imidazole rings is 1. The van der Waals surface area contributed by atoms with Crippen molar-refractivity contribution in [2.45, 2.75) is 12.8 Å². The molecule has 1 aliphatic rings. The van der Waals surface area contributed by atoms with Crippen LogP contribution in [-0.4, -0.2) is 38.7 Å². The zero-order valence-electron chi connectivity index (χ0n) is 13.9. The highest BCUT2D eigenvalue weighted by Gasteiger charge is 2.20. The molecule has 3 aromatic rings. The van der Waals surface area contributed by atoms with E-state index in [2.05, 4.69) is 20.1 Å². The lowest BCUT2D eigenvalue weighted by atomic mass is 10.2. The molecule has 0 amide bonds. The molecule has 1 fully saturated rings. The molecular formula is C18H17N5O3. The Morgan fingerprint density at radius 2 is 1.81 bits per heavy atom. The van der Waals surface area contributed by atoms with Crippen molar-refractivity contribution in [2.75, 3.05) is 18.0 Å². The van der Waals surface area contributed by atoms with Gasteiger partial charge < -0.3 is 15.1 Å². The number of nitrogens with zero attached hydrogens (tertiary/aromatic N) is 5. The zero-order chi connectivity index (χ0) is 18.1. The maximum absolute atomic E-state index is 11.4. The topological polar surface area (TPSA) is 103 Å². The van der Waals surface area contributed by atoms with Crippen LogP contribution in [0.3, 0.4) is 0 Å². The fourth-order valence-electron chi connectivity index (χ4n) is 3.09. The summed E-state index contributed by atoms with van der Waals surface area (Å²) in [5, 5.41) is 27.4. The molecule has 2 aromatic heterocycles. The summed E-state index contributed by atoms with van der Waals surface area (Å²) in [6.45, 7) is 2.13. The second-order valence-corrected chi connectivity index (χ2v) is 6.09. The minimum absolute atomic E-state index is 0.0621. The minimum Gasteiger partial charge on any atom is -0.504 e. The van der Waals surface area contributed by atoms with Crippen molar-refractivity contribution < 1.29 is 15.0 Å². The molecule has 132 valence electrons. The van der Waals surface area contributed by atoms with E-state index >= 15 is 0 Å². The maximum atomic E-state index is 11.4. The van der Waals surface area contributed by atoms with Gasteiger partial charge in [-0.3, -0.25) is 4.40 Å². The molecule has 0 aliphatic carbocycles. The number of rotatable bonds is 4. The number of aromatic hydroxyl groups is 1. The molecule has 3 heterocycles. The number of hydrogen-bond acceptors (Lipinski definition) is 6. The molecule has 2 N–H and O–H groups in total. The van der Waals surface area contributed by atoms with Gasteiger partial charge in [-0.1, -0.05) is 0 Å². The van der Waals surface area contributed by atoms with Gasteiger partial charge in [0.25, 0.3) is 0 Å². The second-order valence-electron chi connectivity index (χ2n) is 6.09. The molecule has 1 aromatic carbocycles. The van der Waals surface area contributed by atoms with E-state index in [1.807, 2.05) is 24.3 Å². The Morgan fingerprint density at radius 3 is 2.50 bits per heavy atom. The molecule has 0 radical (unpaired) electrons. The van der Waals surface area contributed by atoms with Gasteiger partial charge in [-0.05, 0) is 49.2 Å². The molecule has 0 saturated carbocycles. The standard InChI is InChI=1S/C18H17N5O3/c24-14-4-3-11-23-16(14)19-15(18(25)26)17(23)21-20-12-5-7-13(8-6-12)22-9-1-2-10-22/h3-8,11,24H,1-2,9-10H2,(H,25,26). The number of hydrogen-bond donors (Lipinski definition) is 2. The van der Waals surface area contributed by atoms with Crippen molar-refractivity contribution in [3.05, 3.63) is 48.3 Å². The first-order valence-corrected chi connectivity index (χ1v) is 8.33. The first-order valence-electron chi connectivity index (χ1n) is 8.33. The van der Waals surface area contributed by atoms with Gasteiger partial charge in [0.05, 0.1) is 5.69 Å². The summed E-state index contributed by atoms with van der Waals surface area (Å²) >= 11 is 0. The van der Waals surface area contributed by atoms with Crippen LogP contribution in [0.2, 0.25) is 0 Å². The molecule has 8 heteroatoms. The van der Waals surface area contributed by atoms with Crippen molar-refractivity contribution in [1.82, 2.24) is 9.38 Å². The first-order chi connectivity index (χ1) is 12.6. The lowest BCUT2D eigenvalue weighted by molar-refractivity contribution is 0.0692.